The minimum Gasteiger partial charge on any atom is -0.611 e. The fourth-order valence-corrected chi connectivity index (χ4v) is 3.83. The summed E-state index contributed by atoms with van der Waals surface area (Å²) in [6, 6.07) is 13.5. The number of ether oxygens (including phenoxy) is 1. The average molecular weight is 422 g/mol. The van der Waals surface area contributed by atoms with Gasteiger partial charge in [0.2, 0.25) is 5.25 Å². The number of halogens is 1. The van der Waals surface area contributed by atoms with Crippen molar-refractivity contribution >= 4 is 33.0 Å². The molecule has 7 heteroatoms. The Balaban J connectivity index is 2.25. The second-order valence-corrected chi connectivity index (χ2v) is 7.35. The molecule has 5 nitrogen and oxygen atoms in total. The van der Waals surface area contributed by atoms with Crippen molar-refractivity contribution in [1.82, 2.24) is 5.48 Å². The summed E-state index contributed by atoms with van der Waals surface area (Å²) in [6.07, 6.45) is 0. The molecule has 0 aromatic heterocycles. The van der Waals surface area contributed by atoms with Crippen molar-refractivity contribution in [2.24, 2.45) is 0 Å². The maximum atomic E-state index is 12.9. The molecule has 0 saturated carbocycles. The lowest BCUT2D eigenvalue weighted by Crippen LogP contribution is -2.31. The molecule has 25 heavy (non-hydrogen) atoms. The zero-order valence-corrected chi connectivity index (χ0v) is 15.8. The van der Waals surface area contributed by atoms with Gasteiger partial charge in [0, 0.05) is 21.2 Å². The SMILES string of the molecule is CC#CCOc1ccc([S+]([O-])[C@@H](C(=O)NO)c2cccc(Br)c2)cc1. The summed E-state index contributed by atoms with van der Waals surface area (Å²) in [6.45, 7) is 2.00. The number of amides is 1. The molecule has 1 amide bonds. The molecule has 0 aliphatic carbocycles. The second kappa shape index (κ2) is 9.49. The number of hydroxylamine groups is 1. The van der Waals surface area contributed by atoms with Crippen LogP contribution in [0.5, 0.6) is 5.75 Å². The Kier molecular flexibility index (Phi) is 7.34. The van der Waals surface area contributed by atoms with Gasteiger partial charge < -0.3 is 9.29 Å². The van der Waals surface area contributed by atoms with E-state index in [0.717, 1.165) is 4.47 Å². The third-order valence-corrected chi connectivity index (χ3v) is 5.40. The van der Waals surface area contributed by atoms with Gasteiger partial charge in [-0.3, -0.25) is 10.0 Å². The van der Waals surface area contributed by atoms with Gasteiger partial charge in [-0.05, 0) is 43.3 Å². The van der Waals surface area contributed by atoms with Crippen LogP contribution in [0.1, 0.15) is 17.7 Å². The van der Waals surface area contributed by atoms with E-state index in [-0.39, 0.29) is 6.61 Å². The van der Waals surface area contributed by atoms with Gasteiger partial charge in [0.25, 0.3) is 0 Å². The third kappa shape index (κ3) is 5.25. The van der Waals surface area contributed by atoms with Crippen LogP contribution < -0.4 is 10.2 Å². The van der Waals surface area contributed by atoms with Gasteiger partial charge in [0.05, 0.1) is 0 Å². The highest BCUT2D eigenvalue weighted by atomic mass is 79.9. The molecule has 0 aliphatic heterocycles. The summed E-state index contributed by atoms with van der Waals surface area (Å²) in [5.41, 5.74) is 2.12. The normalized spacial score (nSPS) is 12.5. The fourth-order valence-electron chi connectivity index (χ4n) is 2.10. The average Bonchev–Trinajstić information content (AvgIpc) is 2.62. The van der Waals surface area contributed by atoms with Crippen LogP contribution in [0.3, 0.4) is 0 Å². The number of nitrogens with one attached hydrogen (secondary N) is 1. The maximum Gasteiger partial charge on any atom is 0.301 e. The van der Waals surface area contributed by atoms with Crippen LogP contribution in [0, 0.1) is 11.8 Å². The lowest BCUT2D eigenvalue weighted by molar-refractivity contribution is -0.128. The number of carbonyl (C=O) groups is 1. The Labute approximate surface area is 157 Å². The largest absolute Gasteiger partial charge is 0.611 e. The van der Waals surface area contributed by atoms with Crippen molar-refractivity contribution in [1.29, 1.82) is 0 Å². The van der Waals surface area contributed by atoms with E-state index in [0.29, 0.717) is 16.2 Å². The molecular weight excluding hydrogens is 406 g/mol. The van der Waals surface area contributed by atoms with Gasteiger partial charge in [-0.2, -0.15) is 0 Å². The van der Waals surface area contributed by atoms with Gasteiger partial charge in [0.15, 0.2) is 4.90 Å². The van der Waals surface area contributed by atoms with Crippen LogP contribution in [0.15, 0.2) is 57.9 Å². The number of hydrogen-bond acceptors (Lipinski definition) is 4. The fraction of sp³-hybridized carbons (Fsp3) is 0.167. The van der Waals surface area contributed by atoms with Gasteiger partial charge in [-0.15, -0.1) is 5.92 Å². The Morgan fingerprint density at radius 1 is 1.36 bits per heavy atom. The van der Waals surface area contributed by atoms with Crippen LogP contribution in [-0.4, -0.2) is 22.3 Å². The van der Waals surface area contributed by atoms with Crippen molar-refractivity contribution in [3.63, 3.8) is 0 Å². The molecule has 0 fully saturated rings. The predicted octanol–water partition coefficient (Wildman–Crippen LogP) is 3.21. The second-order valence-electron chi connectivity index (χ2n) is 4.90. The number of carbonyl (C=O) groups excluding carboxylic acids is 1. The van der Waals surface area contributed by atoms with Gasteiger partial charge >= 0.3 is 5.91 Å². The van der Waals surface area contributed by atoms with Crippen LogP contribution in [-0.2, 0) is 16.0 Å². The number of rotatable bonds is 6. The standard InChI is InChI=1S/C18H16BrNO4S/c1-2-3-11-24-15-7-9-16(10-8-15)25(23)17(18(21)20-22)13-5-4-6-14(19)12-13/h4-10,12,17,22H,11H2,1H3,(H,20,21)/t17-,25?/m1/s1. The Bertz CT molecular complexity index is 786. The topological polar surface area (TPSA) is 81.6 Å². The summed E-state index contributed by atoms with van der Waals surface area (Å²) in [7, 11) is 0. The Morgan fingerprint density at radius 3 is 2.68 bits per heavy atom. The first kappa shape index (κ1) is 19.3. The van der Waals surface area contributed by atoms with Crippen molar-refractivity contribution < 1.29 is 19.3 Å². The Hall–Kier alpha value is -1.98. The van der Waals surface area contributed by atoms with Crippen molar-refractivity contribution in [2.75, 3.05) is 6.61 Å². The van der Waals surface area contributed by atoms with Gasteiger partial charge in [-0.1, -0.05) is 34.0 Å². The lowest BCUT2D eigenvalue weighted by Gasteiger charge is -2.20. The molecule has 2 aromatic rings. The zero-order chi connectivity index (χ0) is 18.2. The van der Waals surface area contributed by atoms with E-state index < -0.39 is 22.3 Å². The van der Waals surface area contributed by atoms with Crippen LogP contribution in [0.4, 0.5) is 0 Å². The first-order valence-electron chi connectivity index (χ1n) is 7.29. The van der Waals surface area contributed by atoms with Crippen molar-refractivity contribution in [3.8, 4) is 17.6 Å². The molecule has 0 aliphatic rings. The van der Waals surface area contributed by atoms with E-state index in [1.165, 1.54) is 0 Å². The molecular formula is C18H16BrNO4S. The van der Waals surface area contributed by atoms with Gasteiger partial charge in [0.1, 0.15) is 12.4 Å². The highest BCUT2D eigenvalue weighted by molar-refractivity contribution is 9.10. The number of benzene rings is 2. The summed E-state index contributed by atoms with van der Waals surface area (Å²) in [5, 5.41) is 7.98. The van der Waals surface area contributed by atoms with Crippen LogP contribution >= 0.6 is 15.9 Å². The summed E-state index contributed by atoms with van der Waals surface area (Å²) in [5.74, 6) is 5.36. The first-order valence-corrected chi connectivity index (χ1v) is 9.30. The smallest absolute Gasteiger partial charge is 0.301 e. The van der Waals surface area contributed by atoms with E-state index in [4.69, 9.17) is 9.94 Å². The minimum atomic E-state index is -1.70. The monoisotopic (exact) mass is 421 g/mol. The molecule has 2 rings (SSSR count). The van der Waals surface area contributed by atoms with E-state index in [1.807, 2.05) is 0 Å². The lowest BCUT2D eigenvalue weighted by atomic mass is 10.1. The number of hydrogen-bond donors (Lipinski definition) is 2. The minimum absolute atomic E-state index is 0.270. The third-order valence-electron chi connectivity index (χ3n) is 3.26. The van der Waals surface area contributed by atoms with E-state index in [1.54, 1.807) is 60.9 Å². The van der Waals surface area contributed by atoms with E-state index in [9.17, 15) is 9.35 Å². The molecule has 0 saturated heterocycles. The molecule has 2 N–H and O–H groups in total. The predicted molar refractivity (Wildman–Crippen MR) is 98.6 cm³/mol. The maximum absolute atomic E-state index is 12.9. The quantitative estimate of drug-likeness (QED) is 0.324. The highest BCUT2D eigenvalue weighted by Gasteiger charge is 2.34. The molecule has 0 heterocycles. The molecule has 2 atom stereocenters. The first-order chi connectivity index (χ1) is 12.1. The van der Waals surface area contributed by atoms with E-state index >= 15 is 0 Å². The van der Waals surface area contributed by atoms with Crippen molar-refractivity contribution in [2.45, 2.75) is 17.1 Å². The molecule has 0 spiro atoms. The molecule has 0 radical (unpaired) electrons. The van der Waals surface area contributed by atoms with Crippen molar-refractivity contribution in [3.05, 3.63) is 58.6 Å². The van der Waals surface area contributed by atoms with Crippen LogP contribution in [0.2, 0.25) is 0 Å². The molecule has 130 valence electrons. The van der Waals surface area contributed by atoms with Gasteiger partial charge in [-0.25, -0.2) is 5.48 Å². The van der Waals surface area contributed by atoms with Crippen LogP contribution in [0.25, 0.3) is 0 Å². The molecule has 0 bridgehead atoms. The summed E-state index contributed by atoms with van der Waals surface area (Å²) < 4.78 is 19.1. The zero-order valence-electron chi connectivity index (χ0n) is 13.4. The summed E-state index contributed by atoms with van der Waals surface area (Å²) >= 11 is 1.62. The Morgan fingerprint density at radius 2 is 2.08 bits per heavy atom. The molecule has 2 aromatic carbocycles. The van der Waals surface area contributed by atoms with E-state index in [2.05, 4.69) is 27.8 Å². The summed E-state index contributed by atoms with van der Waals surface area (Å²) in [4.78, 5) is 12.5. The molecule has 1 unspecified atom stereocenters. The highest BCUT2D eigenvalue weighted by Crippen LogP contribution is 2.31.